The molecule has 4 atom stereocenters. The van der Waals surface area contributed by atoms with E-state index >= 15 is 0 Å². The molecule has 0 unspecified atom stereocenters. The fourth-order valence-electron chi connectivity index (χ4n) is 2.84. The molecular formula is C16H32O4. The second kappa shape index (κ2) is 8.98. The van der Waals surface area contributed by atoms with Gasteiger partial charge in [0.25, 0.3) is 0 Å². The van der Waals surface area contributed by atoms with Gasteiger partial charge in [-0.3, -0.25) is 0 Å². The van der Waals surface area contributed by atoms with Crippen LogP contribution in [0, 0.1) is 0 Å². The summed E-state index contributed by atoms with van der Waals surface area (Å²) in [6.45, 7) is 9.76. The van der Waals surface area contributed by atoms with Crippen LogP contribution in [0.5, 0.6) is 0 Å². The third kappa shape index (κ3) is 4.99. The first-order valence-electron chi connectivity index (χ1n) is 8.01. The molecule has 4 nitrogen and oxygen atoms in total. The van der Waals surface area contributed by atoms with Crippen LogP contribution in [0.1, 0.15) is 59.8 Å². The van der Waals surface area contributed by atoms with E-state index in [1.807, 2.05) is 13.8 Å². The molecule has 0 bridgehead atoms. The van der Waals surface area contributed by atoms with E-state index < -0.39 is 0 Å². The molecule has 0 aromatic rings. The molecule has 1 heterocycles. The molecule has 0 radical (unpaired) electrons. The Bertz CT molecular complexity index is 259. The van der Waals surface area contributed by atoms with Crippen LogP contribution in [0.3, 0.4) is 0 Å². The van der Waals surface area contributed by atoms with Crippen LogP contribution in [-0.4, -0.2) is 44.4 Å². The van der Waals surface area contributed by atoms with Crippen LogP contribution >= 0.6 is 0 Å². The molecule has 0 spiro atoms. The first-order valence-corrected chi connectivity index (χ1v) is 8.01. The van der Waals surface area contributed by atoms with Gasteiger partial charge in [0.15, 0.2) is 6.29 Å². The first-order chi connectivity index (χ1) is 9.57. The molecular weight excluding hydrogens is 256 g/mol. The maximum Gasteiger partial charge on any atom is 0.160 e. The maximum absolute atomic E-state index is 6.07. The van der Waals surface area contributed by atoms with Gasteiger partial charge in [-0.15, -0.1) is 0 Å². The highest BCUT2D eigenvalue weighted by Crippen LogP contribution is 2.34. The molecule has 120 valence electrons. The Morgan fingerprint density at radius 3 is 2.50 bits per heavy atom. The molecule has 1 rings (SSSR count). The molecule has 1 aliphatic rings. The van der Waals surface area contributed by atoms with Crippen molar-refractivity contribution < 1.29 is 18.9 Å². The molecule has 1 aliphatic heterocycles. The van der Waals surface area contributed by atoms with E-state index in [1.165, 1.54) is 19.3 Å². The molecule has 20 heavy (non-hydrogen) atoms. The van der Waals surface area contributed by atoms with E-state index in [4.69, 9.17) is 18.9 Å². The maximum atomic E-state index is 6.07. The fourth-order valence-corrected chi connectivity index (χ4v) is 2.84. The van der Waals surface area contributed by atoms with E-state index in [0.29, 0.717) is 13.0 Å². The average Bonchev–Trinajstić information content (AvgIpc) is 2.41. The second-order valence-electron chi connectivity index (χ2n) is 5.80. The van der Waals surface area contributed by atoms with Gasteiger partial charge in [0, 0.05) is 26.7 Å². The van der Waals surface area contributed by atoms with E-state index in [0.717, 1.165) is 13.0 Å². The van der Waals surface area contributed by atoms with Gasteiger partial charge < -0.3 is 18.9 Å². The fraction of sp³-hybridized carbons (Fsp3) is 1.00. The van der Waals surface area contributed by atoms with Gasteiger partial charge >= 0.3 is 0 Å². The lowest BCUT2D eigenvalue weighted by Gasteiger charge is -2.46. The van der Waals surface area contributed by atoms with Gasteiger partial charge in [-0.05, 0) is 27.2 Å². The summed E-state index contributed by atoms with van der Waals surface area (Å²) in [5.74, 6) is 0. The third-order valence-electron chi connectivity index (χ3n) is 4.08. The van der Waals surface area contributed by atoms with Crippen molar-refractivity contribution in [2.45, 2.75) is 83.9 Å². The standard InChI is InChI=1S/C16H32O4/c1-6-8-9-10-11-19-15-13(3)20-14(18-7-2)12-16(15,4)17-5/h13-15H,6-12H2,1-5H3/t13-,14-,15-,16+/m0/s1. The molecule has 4 heteroatoms. The van der Waals surface area contributed by atoms with E-state index in [-0.39, 0.29) is 24.1 Å². The number of hydrogen-bond donors (Lipinski definition) is 0. The molecule has 1 saturated heterocycles. The monoisotopic (exact) mass is 288 g/mol. The van der Waals surface area contributed by atoms with Crippen molar-refractivity contribution >= 4 is 0 Å². The van der Waals surface area contributed by atoms with E-state index in [2.05, 4.69) is 13.8 Å². The van der Waals surface area contributed by atoms with Gasteiger partial charge in [0.2, 0.25) is 0 Å². The zero-order valence-electron chi connectivity index (χ0n) is 13.8. The third-order valence-corrected chi connectivity index (χ3v) is 4.08. The highest BCUT2D eigenvalue weighted by Gasteiger charge is 2.46. The van der Waals surface area contributed by atoms with Crippen molar-refractivity contribution in [3.8, 4) is 0 Å². The number of ether oxygens (including phenoxy) is 4. The minimum atomic E-state index is -0.345. The van der Waals surface area contributed by atoms with Crippen molar-refractivity contribution in [2.24, 2.45) is 0 Å². The van der Waals surface area contributed by atoms with Crippen molar-refractivity contribution in [2.75, 3.05) is 20.3 Å². The zero-order valence-corrected chi connectivity index (χ0v) is 13.8. The molecule has 1 fully saturated rings. The van der Waals surface area contributed by atoms with Crippen molar-refractivity contribution in [1.82, 2.24) is 0 Å². The second-order valence-corrected chi connectivity index (χ2v) is 5.80. The van der Waals surface area contributed by atoms with Gasteiger partial charge in [0.1, 0.15) is 6.10 Å². The van der Waals surface area contributed by atoms with Crippen LogP contribution < -0.4 is 0 Å². The van der Waals surface area contributed by atoms with Crippen molar-refractivity contribution in [3.05, 3.63) is 0 Å². The number of methoxy groups -OCH3 is 1. The quantitative estimate of drug-likeness (QED) is 0.608. The Morgan fingerprint density at radius 1 is 1.15 bits per heavy atom. The summed E-state index contributed by atoms with van der Waals surface area (Å²) < 4.78 is 23.3. The topological polar surface area (TPSA) is 36.9 Å². The molecule has 0 amide bonds. The first kappa shape index (κ1) is 17.9. The summed E-state index contributed by atoms with van der Waals surface area (Å²) in [5, 5.41) is 0. The molecule has 0 aliphatic carbocycles. The molecule has 0 aromatic carbocycles. The van der Waals surface area contributed by atoms with Crippen LogP contribution in [0.4, 0.5) is 0 Å². The molecule has 0 aromatic heterocycles. The van der Waals surface area contributed by atoms with Crippen molar-refractivity contribution in [1.29, 1.82) is 0 Å². The Balaban J connectivity index is 2.50. The summed E-state index contributed by atoms with van der Waals surface area (Å²) in [6.07, 6.45) is 5.31. The molecule has 0 N–H and O–H groups in total. The lowest BCUT2D eigenvalue weighted by Crippen LogP contribution is -2.57. The normalized spacial score (nSPS) is 34.4. The minimum Gasteiger partial charge on any atom is -0.376 e. The van der Waals surface area contributed by atoms with E-state index in [1.54, 1.807) is 7.11 Å². The van der Waals surface area contributed by atoms with Gasteiger partial charge in [-0.1, -0.05) is 26.2 Å². The number of unbranched alkanes of at least 4 members (excludes halogenated alkanes) is 3. The number of rotatable bonds is 9. The Kier molecular flexibility index (Phi) is 8.03. The summed E-state index contributed by atoms with van der Waals surface area (Å²) >= 11 is 0. The van der Waals surface area contributed by atoms with Crippen LogP contribution in [-0.2, 0) is 18.9 Å². The number of hydrogen-bond acceptors (Lipinski definition) is 4. The largest absolute Gasteiger partial charge is 0.376 e. The van der Waals surface area contributed by atoms with E-state index in [9.17, 15) is 0 Å². The van der Waals surface area contributed by atoms with Gasteiger partial charge in [-0.25, -0.2) is 0 Å². The van der Waals surface area contributed by atoms with Gasteiger partial charge in [-0.2, -0.15) is 0 Å². The predicted molar refractivity (Wildman–Crippen MR) is 79.9 cm³/mol. The molecule has 0 saturated carbocycles. The lowest BCUT2D eigenvalue weighted by molar-refractivity contribution is -0.285. The van der Waals surface area contributed by atoms with Crippen LogP contribution in [0.15, 0.2) is 0 Å². The zero-order chi connectivity index (χ0) is 15.0. The smallest absolute Gasteiger partial charge is 0.160 e. The lowest BCUT2D eigenvalue weighted by atomic mass is 9.88. The van der Waals surface area contributed by atoms with Crippen molar-refractivity contribution in [3.63, 3.8) is 0 Å². The SMILES string of the molecule is CCCCCCO[C@H]1[C@H](C)O[C@H](OCC)C[C@@]1(C)OC. The highest BCUT2D eigenvalue weighted by molar-refractivity contribution is 4.93. The highest BCUT2D eigenvalue weighted by atomic mass is 16.7. The Labute approximate surface area is 124 Å². The summed E-state index contributed by atoms with van der Waals surface area (Å²) in [6, 6.07) is 0. The Hall–Kier alpha value is -0.160. The van der Waals surface area contributed by atoms with Crippen LogP contribution in [0.2, 0.25) is 0 Å². The van der Waals surface area contributed by atoms with Crippen LogP contribution in [0.25, 0.3) is 0 Å². The summed E-state index contributed by atoms with van der Waals surface area (Å²) in [5.41, 5.74) is -0.345. The summed E-state index contributed by atoms with van der Waals surface area (Å²) in [7, 11) is 1.74. The predicted octanol–water partition coefficient (Wildman–Crippen LogP) is 3.53. The average molecular weight is 288 g/mol. The summed E-state index contributed by atoms with van der Waals surface area (Å²) in [4.78, 5) is 0. The van der Waals surface area contributed by atoms with Gasteiger partial charge in [0.05, 0.1) is 11.7 Å². The Morgan fingerprint density at radius 2 is 1.90 bits per heavy atom. The minimum absolute atomic E-state index is 0.0172.